The Hall–Kier alpha value is -1.10. The second-order valence-electron chi connectivity index (χ2n) is 4.55. The zero-order valence-electron chi connectivity index (χ0n) is 9.76. The lowest BCUT2D eigenvalue weighted by molar-refractivity contribution is 0.507. The van der Waals surface area contributed by atoms with E-state index in [1.165, 1.54) is 30.0 Å². The highest BCUT2D eigenvalue weighted by molar-refractivity contribution is 8.14. The van der Waals surface area contributed by atoms with E-state index in [1.807, 2.05) is 13.8 Å². The van der Waals surface area contributed by atoms with Gasteiger partial charge in [-0.1, -0.05) is 17.8 Å². The minimum atomic E-state index is -0.600. The molecular weight excluding hydrogens is 242 g/mol. The number of para-hydroxylation sites is 1. The lowest BCUT2D eigenvalue weighted by Crippen LogP contribution is -2.27. The third kappa shape index (κ3) is 2.97. The van der Waals surface area contributed by atoms with Crippen molar-refractivity contribution in [2.24, 2.45) is 4.99 Å². The van der Waals surface area contributed by atoms with Crippen molar-refractivity contribution in [2.45, 2.75) is 25.8 Å². The van der Waals surface area contributed by atoms with Crippen molar-refractivity contribution >= 4 is 22.6 Å². The first-order valence-corrected chi connectivity index (χ1v) is 6.40. The molecule has 1 aromatic carbocycles. The highest BCUT2D eigenvalue weighted by Gasteiger charge is 2.23. The molecule has 0 atom stereocenters. The van der Waals surface area contributed by atoms with Crippen molar-refractivity contribution in [3.8, 4) is 0 Å². The Kier molecular flexibility index (Phi) is 3.38. The predicted octanol–water partition coefficient (Wildman–Crippen LogP) is 3.65. The molecule has 1 heterocycles. The minimum absolute atomic E-state index is 0.128. The van der Waals surface area contributed by atoms with Crippen LogP contribution in [0.15, 0.2) is 23.2 Å². The number of amidine groups is 1. The number of rotatable bonds is 1. The fourth-order valence-corrected chi connectivity index (χ4v) is 2.83. The molecule has 1 aliphatic rings. The highest BCUT2D eigenvalue weighted by atomic mass is 32.2. The van der Waals surface area contributed by atoms with Gasteiger partial charge in [0.1, 0.15) is 17.3 Å². The van der Waals surface area contributed by atoms with Crippen molar-refractivity contribution in [3.05, 3.63) is 29.8 Å². The van der Waals surface area contributed by atoms with E-state index in [0.29, 0.717) is 5.17 Å². The van der Waals surface area contributed by atoms with Crippen molar-refractivity contribution in [1.82, 2.24) is 0 Å². The third-order valence-electron chi connectivity index (χ3n) is 2.55. The van der Waals surface area contributed by atoms with Gasteiger partial charge in [-0.05, 0) is 32.4 Å². The molecule has 0 aromatic heterocycles. The first kappa shape index (κ1) is 12.4. The standard InChI is InChI=1S/C12H14F2N2S/c1-12(2)6-7-17-11(16-12)15-10-8(13)4-3-5-9(10)14/h3-5H,6-7H2,1-2H3,(H,15,16). The quantitative estimate of drug-likeness (QED) is 0.829. The number of benzene rings is 1. The Bertz CT molecular complexity index is 438. The predicted molar refractivity (Wildman–Crippen MR) is 68.6 cm³/mol. The van der Waals surface area contributed by atoms with E-state index >= 15 is 0 Å². The number of aliphatic imine (C=N–C) groups is 1. The molecule has 1 N–H and O–H groups in total. The summed E-state index contributed by atoms with van der Waals surface area (Å²) in [4.78, 5) is 4.43. The number of hydrogen-bond donors (Lipinski definition) is 1. The molecule has 2 rings (SSSR count). The normalized spacial score (nSPS) is 18.7. The molecule has 0 unspecified atom stereocenters. The second-order valence-corrected chi connectivity index (χ2v) is 5.63. The van der Waals surface area contributed by atoms with E-state index in [0.717, 1.165) is 12.2 Å². The summed E-state index contributed by atoms with van der Waals surface area (Å²) in [6.07, 6.45) is 0.961. The second kappa shape index (κ2) is 4.64. The van der Waals surface area contributed by atoms with Crippen molar-refractivity contribution < 1.29 is 8.78 Å². The third-order valence-corrected chi connectivity index (χ3v) is 3.43. The van der Waals surface area contributed by atoms with E-state index in [2.05, 4.69) is 10.3 Å². The van der Waals surface area contributed by atoms with Crippen LogP contribution >= 0.6 is 11.8 Å². The van der Waals surface area contributed by atoms with Gasteiger partial charge < -0.3 is 5.32 Å². The average Bonchev–Trinajstić information content (AvgIpc) is 2.22. The van der Waals surface area contributed by atoms with Gasteiger partial charge in [0, 0.05) is 5.75 Å². The number of nitrogens with one attached hydrogen (secondary N) is 1. The van der Waals surface area contributed by atoms with Gasteiger partial charge in [-0.3, -0.25) is 4.99 Å². The molecule has 1 aromatic rings. The summed E-state index contributed by atoms with van der Waals surface area (Å²) < 4.78 is 26.9. The number of anilines is 1. The molecule has 2 nitrogen and oxygen atoms in total. The van der Waals surface area contributed by atoms with Crippen LogP contribution in [0.5, 0.6) is 0 Å². The van der Waals surface area contributed by atoms with Gasteiger partial charge in [-0.15, -0.1) is 0 Å². The maximum atomic E-state index is 13.4. The highest BCUT2D eigenvalue weighted by Crippen LogP contribution is 2.28. The van der Waals surface area contributed by atoms with Crippen LogP contribution in [0.2, 0.25) is 0 Å². The summed E-state index contributed by atoms with van der Waals surface area (Å²) in [6.45, 7) is 4.01. The summed E-state index contributed by atoms with van der Waals surface area (Å²) in [5.74, 6) is -0.303. The monoisotopic (exact) mass is 256 g/mol. The first-order valence-electron chi connectivity index (χ1n) is 5.42. The summed E-state index contributed by atoms with van der Waals surface area (Å²) in [5.41, 5.74) is -0.300. The molecule has 0 fully saturated rings. The van der Waals surface area contributed by atoms with Crippen LogP contribution in [-0.2, 0) is 0 Å². The Morgan fingerprint density at radius 2 is 1.94 bits per heavy atom. The molecule has 1 aliphatic heterocycles. The van der Waals surface area contributed by atoms with Crippen LogP contribution in [0.3, 0.4) is 0 Å². The summed E-state index contributed by atoms with van der Waals surface area (Å²) >= 11 is 1.48. The van der Waals surface area contributed by atoms with Gasteiger partial charge in [0.2, 0.25) is 0 Å². The Labute approximate surface area is 104 Å². The van der Waals surface area contributed by atoms with Crippen LogP contribution in [0.4, 0.5) is 14.5 Å². The van der Waals surface area contributed by atoms with E-state index in [1.54, 1.807) is 0 Å². The molecule has 17 heavy (non-hydrogen) atoms. The molecule has 0 saturated heterocycles. The maximum Gasteiger partial charge on any atom is 0.161 e. The molecule has 0 spiro atoms. The number of nitrogens with zero attached hydrogens (tertiary/aromatic N) is 1. The van der Waals surface area contributed by atoms with Crippen LogP contribution in [-0.4, -0.2) is 16.5 Å². The molecule has 5 heteroatoms. The van der Waals surface area contributed by atoms with E-state index < -0.39 is 11.6 Å². The number of hydrogen-bond acceptors (Lipinski definition) is 3. The Morgan fingerprint density at radius 3 is 2.53 bits per heavy atom. The van der Waals surface area contributed by atoms with Crippen molar-refractivity contribution in [3.63, 3.8) is 0 Å². The molecule has 0 saturated carbocycles. The molecule has 0 amide bonds. The molecular formula is C12H14F2N2S. The van der Waals surface area contributed by atoms with E-state index in [-0.39, 0.29) is 11.2 Å². The molecule has 92 valence electrons. The lowest BCUT2D eigenvalue weighted by atomic mass is 10.0. The van der Waals surface area contributed by atoms with Gasteiger partial charge in [0.15, 0.2) is 5.17 Å². The van der Waals surface area contributed by atoms with E-state index in [4.69, 9.17) is 0 Å². The summed E-state index contributed by atoms with van der Waals surface area (Å²) in [5, 5.41) is 3.31. The Balaban J connectivity index is 2.24. The number of thioether (sulfide) groups is 1. The van der Waals surface area contributed by atoms with Crippen LogP contribution in [0.25, 0.3) is 0 Å². The largest absolute Gasteiger partial charge is 0.330 e. The first-order chi connectivity index (χ1) is 7.98. The SMILES string of the molecule is CC1(C)CCSC(Nc2c(F)cccc2F)=N1. The van der Waals surface area contributed by atoms with E-state index in [9.17, 15) is 8.78 Å². The minimum Gasteiger partial charge on any atom is -0.330 e. The van der Waals surface area contributed by atoms with Gasteiger partial charge >= 0.3 is 0 Å². The lowest BCUT2D eigenvalue weighted by Gasteiger charge is -2.26. The summed E-state index contributed by atoms with van der Waals surface area (Å²) in [6, 6.07) is 3.80. The molecule has 0 bridgehead atoms. The number of halogens is 2. The van der Waals surface area contributed by atoms with Gasteiger partial charge in [-0.25, -0.2) is 8.78 Å². The average molecular weight is 256 g/mol. The molecule has 0 aliphatic carbocycles. The maximum absolute atomic E-state index is 13.4. The van der Waals surface area contributed by atoms with Gasteiger partial charge in [0.05, 0.1) is 5.54 Å². The molecule has 0 radical (unpaired) electrons. The van der Waals surface area contributed by atoms with Crippen LogP contribution < -0.4 is 5.32 Å². The van der Waals surface area contributed by atoms with Gasteiger partial charge in [-0.2, -0.15) is 0 Å². The topological polar surface area (TPSA) is 24.4 Å². The smallest absolute Gasteiger partial charge is 0.161 e. The fraction of sp³-hybridized carbons (Fsp3) is 0.417. The Morgan fingerprint density at radius 1 is 1.29 bits per heavy atom. The zero-order chi connectivity index (χ0) is 12.5. The fourth-order valence-electron chi connectivity index (χ4n) is 1.55. The summed E-state index contributed by atoms with van der Waals surface area (Å²) in [7, 11) is 0. The van der Waals surface area contributed by atoms with Crippen LogP contribution in [0, 0.1) is 11.6 Å². The van der Waals surface area contributed by atoms with Crippen LogP contribution in [0.1, 0.15) is 20.3 Å². The van der Waals surface area contributed by atoms with Gasteiger partial charge in [0.25, 0.3) is 0 Å². The zero-order valence-corrected chi connectivity index (χ0v) is 10.6. The van der Waals surface area contributed by atoms with Crippen molar-refractivity contribution in [2.75, 3.05) is 11.1 Å². The van der Waals surface area contributed by atoms with Crippen molar-refractivity contribution in [1.29, 1.82) is 0 Å².